The number of carbonyl (C=O) groups excluding carboxylic acids is 1. The average molecular weight is 260 g/mol. The van der Waals surface area contributed by atoms with Gasteiger partial charge in [-0.3, -0.25) is 4.79 Å². The first-order chi connectivity index (χ1) is 8.19. The molecule has 1 aliphatic rings. The van der Waals surface area contributed by atoms with E-state index in [9.17, 15) is 4.79 Å². The van der Waals surface area contributed by atoms with Crippen molar-refractivity contribution >= 4 is 17.7 Å². The van der Waals surface area contributed by atoms with E-state index in [1.807, 2.05) is 18.1 Å². The Morgan fingerprint density at radius 2 is 2.18 bits per heavy atom. The van der Waals surface area contributed by atoms with Gasteiger partial charge in [0.15, 0.2) is 0 Å². The summed E-state index contributed by atoms with van der Waals surface area (Å²) in [7, 11) is 0. The Balaban J connectivity index is 2.30. The predicted molar refractivity (Wildman–Crippen MR) is 72.2 cm³/mol. The molecule has 1 rings (SSSR count). The highest BCUT2D eigenvalue weighted by molar-refractivity contribution is 7.98. The largest absolute Gasteiger partial charge is 0.378 e. The number of hydrogen-bond acceptors (Lipinski definition) is 4. The molecule has 5 heteroatoms. The molecule has 0 spiro atoms. The number of amides is 1. The molecular formula is C12H24N2O2S. The summed E-state index contributed by atoms with van der Waals surface area (Å²) in [4.78, 5) is 13.9. The fourth-order valence-corrected chi connectivity index (χ4v) is 2.57. The van der Waals surface area contributed by atoms with Gasteiger partial charge in [-0.1, -0.05) is 0 Å². The van der Waals surface area contributed by atoms with Crippen LogP contribution in [-0.2, 0) is 9.53 Å². The minimum atomic E-state index is -0.328. The Bertz CT molecular complexity index is 231. The second kappa shape index (κ2) is 7.95. The Morgan fingerprint density at radius 1 is 1.53 bits per heavy atom. The highest BCUT2D eigenvalue weighted by Crippen LogP contribution is 2.15. The number of rotatable bonds is 6. The Morgan fingerprint density at radius 3 is 2.71 bits per heavy atom. The van der Waals surface area contributed by atoms with Gasteiger partial charge in [-0.05, 0) is 38.2 Å². The van der Waals surface area contributed by atoms with Crippen LogP contribution in [0.3, 0.4) is 0 Å². The second-order valence-electron chi connectivity index (χ2n) is 4.37. The van der Waals surface area contributed by atoms with Crippen molar-refractivity contribution in [1.29, 1.82) is 0 Å². The summed E-state index contributed by atoms with van der Waals surface area (Å²) in [6.45, 7) is 4.34. The minimum absolute atomic E-state index is 0.106. The van der Waals surface area contributed by atoms with E-state index >= 15 is 0 Å². The smallest absolute Gasteiger partial charge is 0.239 e. The van der Waals surface area contributed by atoms with Crippen LogP contribution < -0.4 is 5.73 Å². The summed E-state index contributed by atoms with van der Waals surface area (Å²) < 4.78 is 5.56. The van der Waals surface area contributed by atoms with Crippen molar-refractivity contribution in [1.82, 2.24) is 4.90 Å². The molecule has 0 aromatic carbocycles. The molecule has 0 aliphatic carbocycles. The topological polar surface area (TPSA) is 55.6 Å². The van der Waals surface area contributed by atoms with Crippen molar-refractivity contribution in [2.45, 2.75) is 38.3 Å². The molecular weight excluding hydrogens is 236 g/mol. The fourth-order valence-electron chi connectivity index (χ4n) is 2.08. The molecule has 0 aromatic heterocycles. The maximum Gasteiger partial charge on any atom is 0.239 e. The van der Waals surface area contributed by atoms with Crippen LogP contribution in [0.5, 0.6) is 0 Å². The van der Waals surface area contributed by atoms with Gasteiger partial charge in [-0.2, -0.15) is 11.8 Å². The number of hydrogen-bond donors (Lipinski definition) is 1. The molecule has 1 amide bonds. The Kier molecular flexibility index (Phi) is 6.92. The van der Waals surface area contributed by atoms with E-state index in [-0.39, 0.29) is 11.9 Å². The van der Waals surface area contributed by atoms with E-state index in [1.54, 1.807) is 11.8 Å². The summed E-state index contributed by atoms with van der Waals surface area (Å²) >= 11 is 1.73. The maximum absolute atomic E-state index is 12.0. The highest BCUT2D eigenvalue weighted by atomic mass is 32.2. The van der Waals surface area contributed by atoms with Crippen LogP contribution in [0.2, 0.25) is 0 Å². The van der Waals surface area contributed by atoms with Gasteiger partial charge in [0, 0.05) is 19.7 Å². The third kappa shape index (κ3) is 4.85. The molecule has 0 radical (unpaired) electrons. The van der Waals surface area contributed by atoms with E-state index in [1.165, 1.54) is 0 Å². The zero-order valence-corrected chi connectivity index (χ0v) is 11.7. The summed E-state index contributed by atoms with van der Waals surface area (Å²) in [5.41, 5.74) is 5.89. The third-order valence-electron chi connectivity index (χ3n) is 3.11. The van der Waals surface area contributed by atoms with Crippen LogP contribution in [0, 0.1) is 0 Å². The molecule has 2 N–H and O–H groups in total. The van der Waals surface area contributed by atoms with Crippen molar-refractivity contribution in [3.8, 4) is 0 Å². The maximum atomic E-state index is 12.0. The molecule has 100 valence electrons. The standard InChI is InChI=1S/C12H24N2O2S/c1-3-16-10-4-7-14(8-5-10)12(15)11(13)6-9-17-2/h10-11H,3-9,13H2,1-2H3/t11-/m0/s1. The number of nitrogens with two attached hydrogens (primary N) is 1. The van der Waals surface area contributed by atoms with Crippen LogP contribution in [0.1, 0.15) is 26.2 Å². The molecule has 0 unspecified atom stereocenters. The number of carbonyl (C=O) groups is 1. The van der Waals surface area contributed by atoms with Gasteiger partial charge in [-0.25, -0.2) is 0 Å². The monoisotopic (exact) mass is 260 g/mol. The molecule has 1 aliphatic heterocycles. The van der Waals surface area contributed by atoms with E-state index in [4.69, 9.17) is 10.5 Å². The minimum Gasteiger partial charge on any atom is -0.378 e. The molecule has 17 heavy (non-hydrogen) atoms. The van der Waals surface area contributed by atoms with Crippen molar-refractivity contribution in [3.63, 3.8) is 0 Å². The summed E-state index contributed by atoms with van der Waals surface area (Å²) in [6.07, 6.45) is 5.01. The van der Waals surface area contributed by atoms with Gasteiger partial charge in [-0.15, -0.1) is 0 Å². The molecule has 0 saturated carbocycles. The molecule has 1 saturated heterocycles. The molecule has 1 atom stereocenters. The lowest BCUT2D eigenvalue weighted by atomic mass is 10.1. The summed E-state index contributed by atoms with van der Waals surface area (Å²) in [5.74, 6) is 1.05. The zero-order chi connectivity index (χ0) is 12.7. The number of ether oxygens (including phenoxy) is 1. The van der Waals surface area contributed by atoms with Crippen LogP contribution >= 0.6 is 11.8 Å². The zero-order valence-electron chi connectivity index (χ0n) is 10.9. The number of piperidine rings is 1. The molecule has 0 bridgehead atoms. The first-order valence-electron chi connectivity index (χ1n) is 6.34. The first kappa shape index (κ1) is 14.8. The molecule has 1 fully saturated rings. The van der Waals surface area contributed by atoms with Gasteiger partial charge in [0.05, 0.1) is 12.1 Å². The molecule has 4 nitrogen and oxygen atoms in total. The van der Waals surface area contributed by atoms with Crippen LogP contribution in [0.4, 0.5) is 0 Å². The van der Waals surface area contributed by atoms with Crippen LogP contribution in [0.25, 0.3) is 0 Å². The number of nitrogens with zero attached hydrogens (tertiary/aromatic N) is 1. The van der Waals surface area contributed by atoms with E-state index in [2.05, 4.69) is 0 Å². The molecule has 1 heterocycles. The van der Waals surface area contributed by atoms with Gasteiger partial charge in [0.25, 0.3) is 0 Å². The van der Waals surface area contributed by atoms with Crippen molar-refractivity contribution < 1.29 is 9.53 Å². The van der Waals surface area contributed by atoms with Crippen LogP contribution in [-0.4, -0.2) is 54.7 Å². The quantitative estimate of drug-likeness (QED) is 0.777. The van der Waals surface area contributed by atoms with Crippen molar-refractivity contribution in [3.05, 3.63) is 0 Å². The Hall–Kier alpha value is -0.260. The first-order valence-corrected chi connectivity index (χ1v) is 7.73. The third-order valence-corrected chi connectivity index (χ3v) is 3.75. The lowest BCUT2D eigenvalue weighted by Gasteiger charge is -2.33. The number of likely N-dealkylation sites (tertiary alicyclic amines) is 1. The van der Waals surface area contributed by atoms with Gasteiger partial charge < -0.3 is 15.4 Å². The van der Waals surface area contributed by atoms with Crippen molar-refractivity contribution in [2.75, 3.05) is 31.7 Å². The summed E-state index contributed by atoms with van der Waals surface area (Å²) in [6, 6.07) is -0.328. The lowest BCUT2D eigenvalue weighted by molar-refractivity contribution is -0.135. The normalized spacial score (nSPS) is 19.4. The van der Waals surface area contributed by atoms with Crippen LogP contribution in [0.15, 0.2) is 0 Å². The lowest BCUT2D eigenvalue weighted by Crippen LogP contribution is -2.48. The second-order valence-corrected chi connectivity index (χ2v) is 5.35. The summed E-state index contributed by atoms with van der Waals surface area (Å²) in [5, 5.41) is 0. The molecule has 0 aromatic rings. The highest BCUT2D eigenvalue weighted by Gasteiger charge is 2.26. The predicted octanol–water partition coefficient (Wildman–Crippen LogP) is 1.09. The Labute approximate surface area is 108 Å². The van der Waals surface area contributed by atoms with Gasteiger partial charge in [0.1, 0.15) is 0 Å². The van der Waals surface area contributed by atoms with Gasteiger partial charge >= 0.3 is 0 Å². The van der Waals surface area contributed by atoms with E-state index in [0.29, 0.717) is 6.10 Å². The van der Waals surface area contributed by atoms with E-state index < -0.39 is 0 Å². The fraction of sp³-hybridized carbons (Fsp3) is 0.917. The van der Waals surface area contributed by atoms with Crippen molar-refractivity contribution in [2.24, 2.45) is 5.73 Å². The van der Waals surface area contributed by atoms with E-state index in [0.717, 1.165) is 44.7 Å². The van der Waals surface area contributed by atoms with Gasteiger partial charge in [0.2, 0.25) is 5.91 Å². The number of thioether (sulfide) groups is 1. The SMILES string of the molecule is CCOC1CCN(C(=O)[C@@H](N)CCSC)CC1. The average Bonchev–Trinajstić information content (AvgIpc) is 2.36.